The number of methoxy groups -OCH3 is 1. The van der Waals surface area contributed by atoms with Crippen LogP contribution in [0, 0.1) is 5.92 Å². The molecule has 44 heavy (non-hydrogen) atoms. The maximum Gasteiger partial charge on any atom is 0.296 e. The fourth-order valence-electron chi connectivity index (χ4n) is 4.65. The highest BCUT2D eigenvalue weighted by Crippen LogP contribution is 2.45. The first-order valence-corrected chi connectivity index (χ1v) is 16.0. The van der Waals surface area contributed by atoms with Gasteiger partial charge in [-0.25, -0.2) is 0 Å². The molecule has 8 nitrogen and oxygen atoms in total. The first kappa shape index (κ1) is 31.0. The van der Waals surface area contributed by atoms with Gasteiger partial charge in [0.15, 0.2) is 27.4 Å². The Hall–Kier alpha value is -4.41. The molecule has 0 fully saturated rings. The van der Waals surface area contributed by atoms with E-state index in [2.05, 4.69) is 24.0 Å². The van der Waals surface area contributed by atoms with Crippen molar-refractivity contribution < 1.29 is 24.2 Å². The summed E-state index contributed by atoms with van der Waals surface area (Å²) in [4.78, 5) is 28.6. The van der Waals surface area contributed by atoms with Gasteiger partial charge in [0.2, 0.25) is 5.13 Å². The number of aromatic nitrogens is 2. The molecule has 0 saturated heterocycles. The number of ether oxygens (including phenoxy) is 2. The van der Waals surface area contributed by atoms with Crippen LogP contribution in [0.3, 0.4) is 0 Å². The summed E-state index contributed by atoms with van der Waals surface area (Å²) >= 11 is 2.73. The molecule has 0 saturated carbocycles. The number of benzene rings is 3. The Balaban J connectivity index is 1.49. The van der Waals surface area contributed by atoms with Crippen molar-refractivity contribution in [2.24, 2.45) is 5.92 Å². The van der Waals surface area contributed by atoms with E-state index in [1.165, 1.54) is 41.2 Å². The Bertz CT molecular complexity index is 1670. The van der Waals surface area contributed by atoms with Crippen molar-refractivity contribution >= 4 is 46.0 Å². The molecular weight excluding hydrogens is 595 g/mol. The summed E-state index contributed by atoms with van der Waals surface area (Å²) in [5.74, 6) is 0.320. The lowest BCUT2D eigenvalue weighted by Gasteiger charge is -2.24. The van der Waals surface area contributed by atoms with E-state index < -0.39 is 23.5 Å². The third-order valence-electron chi connectivity index (χ3n) is 6.96. The molecule has 2 heterocycles. The summed E-state index contributed by atoms with van der Waals surface area (Å²) in [6.45, 7) is 4.76. The molecule has 1 aliphatic heterocycles. The molecule has 1 atom stereocenters. The standard InChI is InChI=1S/C34H33N3O5S2/c1-22(2)18-19-42-27-17-15-25(20-28(27)41-3)30-29(26(38)16-14-23-10-6-4-7-11-23)31(39)32(40)37(30)33-35-36-34(44-33)43-21-24-12-8-5-9-13-24/h4-17,20,22,30,39H,18-19,21H2,1-3H3. The Morgan fingerprint density at radius 3 is 2.48 bits per heavy atom. The molecule has 0 radical (unpaired) electrons. The number of ketones is 1. The molecule has 0 spiro atoms. The SMILES string of the molecule is COc1cc(C2C(C(=O)C=Cc3ccccc3)=C(O)C(=O)N2c2nnc(SCc3ccccc3)s2)ccc1OCCC(C)C. The number of amides is 1. The second-order valence-electron chi connectivity index (χ2n) is 10.5. The van der Waals surface area contributed by atoms with Gasteiger partial charge in [-0.15, -0.1) is 10.2 Å². The largest absolute Gasteiger partial charge is 0.503 e. The van der Waals surface area contributed by atoms with E-state index in [0.29, 0.717) is 39.7 Å². The molecule has 0 bridgehead atoms. The van der Waals surface area contributed by atoms with Crippen molar-refractivity contribution in [1.82, 2.24) is 10.2 Å². The van der Waals surface area contributed by atoms with Crippen LogP contribution in [0.2, 0.25) is 0 Å². The van der Waals surface area contributed by atoms with Crippen molar-refractivity contribution in [3.8, 4) is 11.5 Å². The van der Waals surface area contributed by atoms with E-state index in [1.807, 2.05) is 60.7 Å². The van der Waals surface area contributed by atoms with Crippen LogP contribution >= 0.6 is 23.1 Å². The van der Waals surface area contributed by atoms with E-state index in [0.717, 1.165) is 17.5 Å². The van der Waals surface area contributed by atoms with Crippen molar-refractivity contribution in [1.29, 1.82) is 0 Å². The molecule has 5 rings (SSSR count). The number of carbonyl (C=O) groups excluding carboxylic acids is 2. The Labute approximate surface area is 265 Å². The zero-order valence-electron chi connectivity index (χ0n) is 24.7. The molecule has 226 valence electrons. The summed E-state index contributed by atoms with van der Waals surface area (Å²) in [6.07, 6.45) is 3.90. The minimum Gasteiger partial charge on any atom is -0.503 e. The van der Waals surface area contributed by atoms with Gasteiger partial charge in [-0.05, 0) is 47.2 Å². The van der Waals surface area contributed by atoms with E-state index in [1.54, 1.807) is 24.3 Å². The Morgan fingerprint density at radius 2 is 1.77 bits per heavy atom. The maximum absolute atomic E-state index is 13.7. The molecule has 1 aliphatic rings. The Morgan fingerprint density at radius 1 is 1.05 bits per heavy atom. The lowest BCUT2D eigenvalue weighted by Crippen LogP contribution is -2.30. The van der Waals surface area contributed by atoms with Gasteiger partial charge in [0.1, 0.15) is 0 Å². The number of anilines is 1. The van der Waals surface area contributed by atoms with Crippen LogP contribution in [0.25, 0.3) is 6.08 Å². The highest BCUT2D eigenvalue weighted by molar-refractivity contribution is 8.00. The van der Waals surface area contributed by atoms with Gasteiger partial charge in [0, 0.05) is 5.75 Å². The second-order valence-corrected chi connectivity index (χ2v) is 12.7. The van der Waals surface area contributed by atoms with Gasteiger partial charge < -0.3 is 14.6 Å². The van der Waals surface area contributed by atoms with E-state index in [4.69, 9.17) is 9.47 Å². The topological polar surface area (TPSA) is 102 Å². The second kappa shape index (κ2) is 14.4. The normalized spacial score (nSPS) is 15.0. The number of carbonyl (C=O) groups is 2. The predicted molar refractivity (Wildman–Crippen MR) is 174 cm³/mol. The van der Waals surface area contributed by atoms with E-state index in [9.17, 15) is 14.7 Å². The summed E-state index contributed by atoms with van der Waals surface area (Å²) < 4.78 is 12.3. The summed E-state index contributed by atoms with van der Waals surface area (Å²) in [5.41, 5.74) is 2.45. The number of nitrogens with zero attached hydrogens (tertiary/aromatic N) is 3. The lowest BCUT2D eigenvalue weighted by molar-refractivity contribution is -0.117. The quantitative estimate of drug-likeness (QED) is 0.0927. The molecule has 3 aromatic carbocycles. The van der Waals surface area contributed by atoms with Gasteiger partial charge in [-0.1, -0.05) is 110 Å². The molecule has 1 unspecified atom stereocenters. The molecule has 10 heteroatoms. The minimum absolute atomic E-state index is 0.0496. The van der Waals surface area contributed by atoms with Gasteiger partial charge in [0.25, 0.3) is 5.91 Å². The van der Waals surface area contributed by atoms with Crippen LogP contribution in [-0.2, 0) is 15.3 Å². The molecule has 1 amide bonds. The Kier molecular flexibility index (Phi) is 10.1. The number of aliphatic hydroxyl groups is 1. The molecule has 4 aromatic rings. The number of thioether (sulfide) groups is 1. The first-order chi connectivity index (χ1) is 21.4. The van der Waals surface area contributed by atoms with E-state index in [-0.39, 0.29) is 10.7 Å². The molecule has 1 aromatic heterocycles. The van der Waals surface area contributed by atoms with Crippen LogP contribution in [0.5, 0.6) is 11.5 Å². The van der Waals surface area contributed by atoms with Crippen LogP contribution in [-0.4, -0.2) is 40.7 Å². The number of rotatable bonds is 13. The molecular formula is C34H33N3O5S2. The van der Waals surface area contributed by atoms with Gasteiger partial charge in [-0.3, -0.25) is 14.5 Å². The van der Waals surface area contributed by atoms with Crippen LogP contribution in [0.1, 0.15) is 43.0 Å². The van der Waals surface area contributed by atoms with Crippen molar-refractivity contribution in [2.75, 3.05) is 18.6 Å². The zero-order chi connectivity index (χ0) is 31.1. The van der Waals surface area contributed by atoms with Crippen molar-refractivity contribution in [3.63, 3.8) is 0 Å². The highest BCUT2D eigenvalue weighted by Gasteiger charge is 2.45. The average molecular weight is 628 g/mol. The smallest absolute Gasteiger partial charge is 0.296 e. The first-order valence-electron chi connectivity index (χ1n) is 14.2. The minimum atomic E-state index is -0.964. The van der Waals surface area contributed by atoms with Gasteiger partial charge in [-0.2, -0.15) is 0 Å². The molecule has 0 aliphatic carbocycles. The van der Waals surface area contributed by atoms with E-state index >= 15 is 0 Å². The number of aliphatic hydroxyl groups excluding tert-OH is 1. The summed E-state index contributed by atoms with van der Waals surface area (Å²) in [5, 5.41) is 20.0. The van der Waals surface area contributed by atoms with Crippen LogP contribution in [0.4, 0.5) is 5.13 Å². The highest BCUT2D eigenvalue weighted by atomic mass is 32.2. The third kappa shape index (κ3) is 7.20. The average Bonchev–Trinajstić information content (AvgIpc) is 3.61. The predicted octanol–water partition coefficient (Wildman–Crippen LogP) is 7.45. The number of hydrogen-bond donors (Lipinski definition) is 1. The molecule has 1 N–H and O–H groups in total. The summed E-state index contributed by atoms with van der Waals surface area (Å²) in [7, 11) is 1.54. The fraction of sp³-hybridized carbons (Fsp3) is 0.235. The summed E-state index contributed by atoms with van der Waals surface area (Å²) in [6, 6.07) is 23.6. The number of allylic oxidation sites excluding steroid dienone is 1. The van der Waals surface area contributed by atoms with Crippen molar-refractivity contribution in [2.45, 2.75) is 36.4 Å². The van der Waals surface area contributed by atoms with Gasteiger partial charge >= 0.3 is 0 Å². The van der Waals surface area contributed by atoms with Crippen LogP contribution < -0.4 is 14.4 Å². The zero-order valence-corrected chi connectivity index (χ0v) is 26.3. The fourth-order valence-corrected chi connectivity index (χ4v) is 6.47. The monoisotopic (exact) mass is 627 g/mol. The van der Waals surface area contributed by atoms with Crippen molar-refractivity contribution in [3.05, 3.63) is 113 Å². The van der Waals surface area contributed by atoms with Gasteiger partial charge in [0.05, 0.1) is 25.3 Å². The lowest BCUT2D eigenvalue weighted by atomic mass is 9.95. The third-order valence-corrected chi connectivity index (χ3v) is 9.09. The maximum atomic E-state index is 13.7. The van der Waals surface area contributed by atoms with Crippen LogP contribution in [0.15, 0.2) is 101 Å². The number of hydrogen-bond acceptors (Lipinski definition) is 9.